The molecule has 0 radical (unpaired) electrons. The fraction of sp³-hybridized carbons (Fsp3) is 0.115. The van der Waals surface area contributed by atoms with Crippen LogP contribution in [0.5, 0.6) is 0 Å². The summed E-state index contributed by atoms with van der Waals surface area (Å²) in [5, 5.41) is 13.4. The maximum absolute atomic E-state index is 12.6. The molecule has 152 valence electrons. The summed E-state index contributed by atoms with van der Waals surface area (Å²) in [6, 6.07) is 23.7. The number of nitrogens with zero attached hydrogens (tertiary/aromatic N) is 3. The zero-order valence-corrected chi connectivity index (χ0v) is 17.5. The molecule has 0 aliphatic heterocycles. The van der Waals surface area contributed by atoms with Crippen molar-refractivity contribution in [3.8, 4) is 11.8 Å². The number of pyridine rings is 1. The number of nitrogens with one attached hydrogen (secondary N) is 1. The molecule has 2 aromatic carbocycles. The van der Waals surface area contributed by atoms with Gasteiger partial charge in [-0.3, -0.25) is 9.78 Å². The van der Waals surface area contributed by atoms with E-state index in [2.05, 4.69) is 20.9 Å². The number of benzene rings is 2. The lowest BCUT2D eigenvalue weighted by Crippen LogP contribution is -2.23. The Hall–Kier alpha value is -4.17. The van der Waals surface area contributed by atoms with Gasteiger partial charge in [0.2, 0.25) is 0 Å². The fourth-order valence-corrected chi connectivity index (χ4v) is 3.71. The number of fused-ring (bicyclic) bond motifs is 1. The molecular formula is C26H22N4O. The van der Waals surface area contributed by atoms with Crippen LogP contribution < -0.4 is 5.32 Å². The predicted octanol–water partition coefficient (Wildman–Crippen LogP) is 4.87. The normalized spacial score (nSPS) is 11.3. The summed E-state index contributed by atoms with van der Waals surface area (Å²) in [5.41, 5.74) is 5.85. The van der Waals surface area contributed by atoms with Gasteiger partial charge in [-0.05, 0) is 61.4 Å². The molecule has 4 aromatic rings. The highest BCUT2D eigenvalue weighted by molar-refractivity contribution is 6.01. The lowest BCUT2D eigenvalue weighted by Gasteiger charge is -2.11. The van der Waals surface area contributed by atoms with Crippen LogP contribution in [-0.2, 0) is 11.3 Å². The van der Waals surface area contributed by atoms with Gasteiger partial charge in [-0.1, -0.05) is 36.4 Å². The molecule has 1 amide bonds. The Balaban J connectivity index is 1.62. The Morgan fingerprint density at radius 2 is 1.90 bits per heavy atom. The largest absolute Gasteiger partial charge is 0.347 e. The second-order valence-electron chi connectivity index (χ2n) is 7.38. The molecule has 4 rings (SSSR count). The van der Waals surface area contributed by atoms with Gasteiger partial charge in [-0.25, -0.2) is 0 Å². The van der Waals surface area contributed by atoms with E-state index >= 15 is 0 Å². The summed E-state index contributed by atoms with van der Waals surface area (Å²) in [5.74, 6) is -0.382. The van der Waals surface area contributed by atoms with Crippen LogP contribution in [-0.4, -0.2) is 15.5 Å². The summed E-state index contributed by atoms with van der Waals surface area (Å²) in [7, 11) is 0. The molecule has 0 unspecified atom stereocenters. The molecule has 0 fully saturated rings. The highest BCUT2D eigenvalue weighted by atomic mass is 16.1. The number of hydrogen-bond acceptors (Lipinski definition) is 3. The van der Waals surface area contributed by atoms with E-state index in [1.54, 1.807) is 12.3 Å². The number of amides is 1. The number of carbonyl (C=O) groups is 1. The van der Waals surface area contributed by atoms with Crippen molar-refractivity contribution in [2.75, 3.05) is 0 Å². The van der Waals surface area contributed by atoms with Crippen LogP contribution in [0.1, 0.15) is 22.5 Å². The van der Waals surface area contributed by atoms with Crippen molar-refractivity contribution in [3.05, 3.63) is 101 Å². The van der Waals surface area contributed by atoms with E-state index in [1.807, 2.05) is 80.6 Å². The first kappa shape index (κ1) is 20.1. The van der Waals surface area contributed by atoms with Gasteiger partial charge in [-0.2, -0.15) is 5.26 Å². The van der Waals surface area contributed by atoms with Crippen LogP contribution in [0, 0.1) is 25.2 Å². The third-order valence-corrected chi connectivity index (χ3v) is 5.28. The standard InChI is InChI=1S/C26H22N4O/c1-18-13-22(14-23(16-27)26(31)29-17-20-7-4-3-5-8-20)19(2)30(18)24-10-11-25-21(15-24)9-6-12-28-25/h3-15H,17H2,1-2H3,(H,29,31)/b23-14-. The number of carbonyl (C=O) groups excluding carboxylic acids is 1. The minimum Gasteiger partial charge on any atom is -0.347 e. The van der Waals surface area contributed by atoms with Gasteiger partial charge in [-0.15, -0.1) is 0 Å². The molecule has 0 aliphatic rings. The van der Waals surface area contributed by atoms with Crippen molar-refractivity contribution in [1.82, 2.24) is 14.9 Å². The van der Waals surface area contributed by atoms with Crippen molar-refractivity contribution in [2.24, 2.45) is 0 Å². The lowest BCUT2D eigenvalue weighted by molar-refractivity contribution is -0.117. The maximum Gasteiger partial charge on any atom is 0.262 e. The third kappa shape index (κ3) is 4.24. The number of rotatable bonds is 5. The first-order chi connectivity index (χ1) is 15.1. The molecule has 31 heavy (non-hydrogen) atoms. The molecule has 5 nitrogen and oxygen atoms in total. The van der Waals surface area contributed by atoms with Crippen molar-refractivity contribution in [2.45, 2.75) is 20.4 Å². The monoisotopic (exact) mass is 406 g/mol. The summed E-state index contributed by atoms with van der Waals surface area (Å²) in [6.07, 6.45) is 3.44. The summed E-state index contributed by atoms with van der Waals surface area (Å²) < 4.78 is 2.12. The molecule has 0 bridgehead atoms. The van der Waals surface area contributed by atoms with E-state index in [4.69, 9.17) is 0 Å². The average Bonchev–Trinajstić information content (AvgIpc) is 3.08. The van der Waals surface area contributed by atoms with E-state index in [9.17, 15) is 10.1 Å². The maximum atomic E-state index is 12.6. The van der Waals surface area contributed by atoms with Gasteiger partial charge >= 0.3 is 0 Å². The number of nitriles is 1. The van der Waals surface area contributed by atoms with E-state index in [-0.39, 0.29) is 11.5 Å². The van der Waals surface area contributed by atoms with E-state index < -0.39 is 0 Å². The predicted molar refractivity (Wildman–Crippen MR) is 122 cm³/mol. The Labute approximate surface area is 181 Å². The first-order valence-corrected chi connectivity index (χ1v) is 10.0. The first-order valence-electron chi connectivity index (χ1n) is 10.0. The summed E-state index contributed by atoms with van der Waals surface area (Å²) in [6.45, 7) is 4.38. The average molecular weight is 406 g/mol. The number of aromatic nitrogens is 2. The van der Waals surface area contributed by atoms with Crippen molar-refractivity contribution in [3.63, 3.8) is 0 Å². The smallest absolute Gasteiger partial charge is 0.262 e. The van der Waals surface area contributed by atoms with Gasteiger partial charge in [0.15, 0.2) is 0 Å². The van der Waals surface area contributed by atoms with Crippen LogP contribution in [0.2, 0.25) is 0 Å². The van der Waals surface area contributed by atoms with E-state index in [1.165, 1.54) is 0 Å². The Bertz CT molecular complexity index is 1330. The summed E-state index contributed by atoms with van der Waals surface area (Å²) in [4.78, 5) is 16.9. The molecule has 0 spiro atoms. The molecular weight excluding hydrogens is 384 g/mol. The topological polar surface area (TPSA) is 70.7 Å². The highest BCUT2D eigenvalue weighted by Gasteiger charge is 2.14. The Morgan fingerprint density at radius 3 is 2.68 bits per heavy atom. The minimum atomic E-state index is -0.382. The third-order valence-electron chi connectivity index (χ3n) is 5.28. The highest BCUT2D eigenvalue weighted by Crippen LogP contribution is 2.25. The van der Waals surface area contributed by atoms with Gasteiger partial charge in [0.05, 0.1) is 5.52 Å². The van der Waals surface area contributed by atoms with Crippen LogP contribution in [0.15, 0.2) is 78.5 Å². The molecule has 2 aromatic heterocycles. The second kappa shape index (κ2) is 8.68. The fourth-order valence-electron chi connectivity index (χ4n) is 3.71. The van der Waals surface area contributed by atoms with E-state index in [0.717, 1.165) is 39.1 Å². The molecule has 0 aliphatic carbocycles. The number of hydrogen-bond donors (Lipinski definition) is 1. The molecule has 0 atom stereocenters. The van der Waals surface area contributed by atoms with Crippen molar-refractivity contribution < 1.29 is 4.79 Å². The van der Waals surface area contributed by atoms with E-state index in [0.29, 0.717) is 6.54 Å². The summed E-state index contributed by atoms with van der Waals surface area (Å²) >= 11 is 0. The van der Waals surface area contributed by atoms with Gasteiger partial charge < -0.3 is 9.88 Å². The van der Waals surface area contributed by atoms with Gasteiger partial charge in [0.1, 0.15) is 11.6 Å². The molecule has 0 saturated carbocycles. The van der Waals surface area contributed by atoms with Crippen LogP contribution in [0.4, 0.5) is 0 Å². The molecule has 0 saturated heterocycles. The van der Waals surface area contributed by atoms with Crippen LogP contribution >= 0.6 is 0 Å². The van der Waals surface area contributed by atoms with Gasteiger partial charge in [0, 0.05) is 35.2 Å². The Kier molecular flexibility index (Phi) is 5.63. The second-order valence-corrected chi connectivity index (χ2v) is 7.38. The number of aryl methyl sites for hydroxylation is 1. The molecule has 1 N–H and O–H groups in total. The van der Waals surface area contributed by atoms with Crippen LogP contribution in [0.3, 0.4) is 0 Å². The van der Waals surface area contributed by atoms with Crippen LogP contribution in [0.25, 0.3) is 22.7 Å². The quantitative estimate of drug-likeness (QED) is 0.380. The van der Waals surface area contributed by atoms with Gasteiger partial charge in [0.25, 0.3) is 5.91 Å². The SMILES string of the molecule is Cc1cc(/C=C(/C#N)C(=O)NCc2ccccc2)c(C)n1-c1ccc2ncccc2c1. The lowest BCUT2D eigenvalue weighted by atomic mass is 10.1. The van der Waals surface area contributed by atoms with Crippen molar-refractivity contribution >= 4 is 22.9 Å². The zero-order valence-electron chi connectivity index (χ0n) is 17.5. The zero-order chi connectivity index (χ0) is 21.8. The molecule has 5 heteroatoms. The Morgan fingerprint density at radius 1 is 1.10 bits per heavy atom. The molecule has 2 heterocycles. The van der Waals surface area contributed by atoms with Crippen molar-refractivity contribution in [1.29, 1.82) is 5.26 Å². The minimum absolute atomic E-state index is 0.0823.